The molecule has 4 heteroatoms. The van der Waals surface area contributed by atoms with Crippen molar-refractivity contribution in [3.63, 3.8) is 0 Å². The Morgan fingerprint density at radius 2 is 1.89 bits per heavy atom. The number of para-hydroxylation sites is 1. The van der Waals surface area contributed by atoms with Gasteiger partial charge in [0.1, 0.15) is 0 Å². The van der Waals surface area contributed by atoms with Crippen molar-refractivity contribution >= 4 is 23.6 Å². The first-order valence-corrected chi connectivity index (χ1v) is 6.63. The molecule has 0 bridgehead atoms. The summed E-state index contributed by atoms with van der Waals surface area (Å²) in [5, 5.41) is 0.656. The number of piperazine rings is 1. The highest BCUT2D eigenvalue weighted by Gasteiger charge is 2.28. The number of aldehydes is 1. The fourth-order valence-corrected chi connectivity index (χ4v) is 2.85. The molecular weight excluding hydrogens is 248 g/mol. The third kappa shape index (κ3) is 2.38. The second kappa shape index (κ2) is 5.29. The lowest BCUT2D eigenvalue weighted by Crippen LogP contribution is -2.55. The van der Waals surface area contributed by atoms with Gasteiger partial charge in [-0.2, -0.15) is 0 Å². The van der Waals surface area contributed by atoms with Crippen LogP contribution in [0.1, 0.15) is 24.2 Å². The van der Waals surface area contributed by atoms with Crippen LogP contribution < -0.4 is 4.90 Å². The number of nitrogens with zero attached hydrogens (tertiary/aromatic N) is 2. The standard InChI is InChI=1S/C14H19ClN2O/c1-10-7-17(8-11(2)16(10)3)14-12(9-18)5-4-6-13(14)15/h4-6,9-11H,7-8H2,1-3H3. The molecule has 0 saturated carbocycles. The molecule has 0 amide bonds. The third-order valence-corrected chi connectivity index (χ3v) is 4.13. The van der Waals surface area contributed by atoms with Crippen molar-refractivity contribution in [3.05, 3.63) is 28.8 Å². The Bertz CT molecular complexity index is 437. The first-order chi connectivity index (χ1) is 8.54. The van der Waals surface area contributed by atoms with Crippen molar-refractivity contribution in [3.8, 4) is 0 Å². The lowest BCUT2D eigenvalue weighted by molar-refractivity contribution is 0.112. The Kier molecular flexibility index (Phi) is 3.93. The molecule has 2 unspecified atom stereocenters. The molecule has 1 aliphatic rings. The van der Waals surface area contributed by atoms with E-state index in [4.69, 9.17) is 11.6 Å². The summed E-state index contributed by atoms with van der Waals surface area (Å²) in [4.78, 5) is 15.7. The van der Waals surface area contributed by atoms with Crippen LogP contribution >= 0.6 is 11.6 Å². The maximum Gasteiger partial charge on any atom is 0.152 e. The van der Waals surface area contributed by atoms with Crippen LogP contribution in [0.2, 0.25) is 5.02 Å². The molecule has 2 rings (SSSR count). The van der Waals surface area contributed by atoms with Gasteiger partial charge in [0.25, 0.3) is 0 Å². The van der Waals surface area contributed by atoms with E-state index >= 15 is 0 Å². The highest BCUT2D eigenvalue weighted by Crippen LogP contribution is 2.31. The van der Waals surface area contributed by atoms with Gasteiger partial charge in [0.2, 0.25) is 0 Å². The van der Waals surface area contributed by atoms with Crippen molar-refractivity contribution in [1.82, 2.24) is 4.90 Å². The number of benzene rings is 1. The molecule has 18 heavy (non-hydrogen) atoms. The summed E-state index contributed by atoms with van der Waals surface area (Å²) in [6.07, 6.45) is 0.884. The lowest BCUT2D eigenvalue weighted by Gasteiger charge is -2.44. The summed E-state index contributed by atoms with van der Waals surface area (Å²) in [5.74, 6) is 0. The molecular formula is C14H19ClN2O. The van der Waals surface area contributed by atoms with Crippen LogP contribution in [-0.4, -0.2) is 43.4 Å². The van der Waals surface area contributed by atoms with Crippen molar-refractivity contribution in [1.29, 1.82) is 0 Å². The third-order valence-electron chi connectivity index (χ3n) is 3.82. The van der Waals surface area contributed by atoms with Crippen LogP contribution in [-0.2, 0) is 0 Å². The monoisotopic (exact) mass is 266 g/mol. The Hall–Kier alpha value is -1.06. The molecule has 1 aromatic carbocycles. The number of hydrogen-bond acceptors (Lipinski definition) is 3. The van der Waals surface area contributed by atoms with Crippen molar-refractivity contribution in [2.45, 2.75) is 25.9 Å². The van der Waals surface area contributed by atoms with E-state index in [0.29, 0.717) is 22.7 Å². The van der Waals surface area contributed by atoms with Crippen LogP contribution in [0.15, 0.2) is 18.2 Å². The SMILES string of the molecule is CC1CN(c2c(Cl)cccc2C=O)CC(C)N1C. The number of likely N-dealkylation sites (N-methyl/N-ethyl adjacent to an activating group) is 1. The molecule has 98 valence electrons. The van der Waals surface area contributed by atoms with Crippen LogP contribution in [0.3, 0.4) is 0 Å². The molecule has 0 N–H and O–H groups in total. The van der Waals surface area contributed by atoms with Crippen molar-refractivity contribution in [2.24, 2.45) is 0 Å². The predicted molar refractivity (Wildman–Crippen MR) is 75.7 cm³/mol. The summed E-state index contributed by atoms with van der Waals surface area (Å²) >= 11 is 6.26. The fraction of sp³-hybridized carbons (Fsp3) is 0.500. The lowest BCUT2D eigenvalue weighted by atomic mass is 10.1. The van der Waals surface area contributed by atoms with E-state index in [9.17, 15) is 4.79 Å². The summed E-state index contributed by atoms with van der Waals surface area (Å²) in [7, 11) is 2.14. The largest absolute Gasteiger partial charge is 0.367 e. The highest BCUT2D eigenvalue weighted by atomic mass is 35.5. The summed E-state index contributed by atoms with van der Waals surface area (Å²) in [6.45, 7) is 6.18. The average molecular weight is 267 g/mol. The fourth-order valence-electron chi connectivity index (χ4n) is 2.55. The molecule has 1 aromatic rings. The molecule has 3 nitrogen and oxygen atoms in total. The molecule has 0 aliphatic carbocycles. The quantitative estimate of drug-likeness (QED) is 0.769. The average Bonchev–Trinajstić information content (AvgIpc) is 2.35. The van der Waals surface area contributed by atoms with Gasteiger partial charge in [-0.05, 0) is 33.0 Å². The smallest absolute Gasteiger partial charge is 0.152 e. The molecule has 1 heterocycles. The Labute approximate surface area is 113 Å². The minimum absolute atomic E-state index is 0.449. The minimum atomic E-state index is 0.449. The first kappa shape index (κ1) is 13.4. The van der Waals surface area contributed by atoms with Crippen molar-refractivity contribution < 1.29 is 4.79 Å². The van der Waals surface area contributed by atoms with E-state index < -0.39 is 0 Å². The van der Waals surface area contributed by atoms with Crippen LogP contribution in [0.4, 0.5) is 5.69 Å². The van der Waals surface area contributed by atoms with Crippen LogP contribution in [0.5, 0.6) is 0 Å². The topological polar surface area (TPSA) is 23.6 Å². The molecule has 1 fully saturated rings. The highest BCUT2D eigenvalue weighted by molar-refractivity contribution is 6.33. The van der Waals surface area contributed by atoms with E-state index in [-0.39, 0.29) is 0 Å². The zero-order chi connectivity index (χ0) is 13.3. The van der Waals surface area contributed by atoms with Gasteiger partial charge in [0.15, 0.2) is 6.29 Å². The zero-order valence-corrected chi connectivity index (χ0v) is 11.8. The number of anilines is 1. The number of rotatable bonds is 2. The summed E-state index contributed by atoms with van der Waals surface area (Å²) in [5.41, 5.74) is 1.55. The van der Waals surface area contributed by atoms with Crippen molar-refractivity contribution in [2.75, 3.05) is 25.0 Å². The molecule has 0 spiro atoms. The van der Waals surface area contributed by atoms with Gasteiger partial charge in [-0.25, -0.2) is 0 Å². The van der Waals surface area contributed by atoms with Gasteiger partial charge in [-0.15, -0.1) is 0 Å². The van der Waals surface area contributed by atoms with Gasteiger partial charge in [0, 0.05) is 30.7 Å². The predicted octanol–water partition coefficient (Wildman–Crippen LogP) is 2.68. The minimum Gasteiger partial charge on any atom is -0.367 e. The van der Waals surface area contributed by atoms with Gasteiger partial charge >= 0.3 is 0 Å². The molecule has 1 aliphatic heterocycles. The Balaban J connectivity index is 2.35. The molecule has 0 aromatic heterocycles. The second-order valence-electron chi connectivity index (χ2n) is 5.06. The first-order valence-electron chi connectivity index (χ1n) is 6.25. The van der Waals surface area contributed by atoms with Gasteiger partial charge in [-0.3, -0.25) is 9.69 Å². The second-order valence-corrected chi connectivity index (χ2v) is 5.47. The van der Waals surface area contributed by atoms with E-state index in [1.165, 1.54) is 0 Å². The number of carbonyl (C=O) groups is 1. The maximum absolute atomic E-state index is 11.2. The molecule has 0 radical (unpaired) electrons. The molecule has 2 atom stereocenters. The number of halogens is 1. The van der Waals surface area contributed by atoms with E-state index in [2.05, 4.69) is 30.7 Å². The van der Waals surface area contributed by atoms with Crippen LogP contribution in [0, 0.1) is 0 Å². The number of carbonyl (C=O) groups excluding carboxylic acids is 1. The summed E-state index contributed by atoms with van der Waals surface area (Å²) in [6, 6.07) is 6.38. The van der Waals surface area contributed by atoms with Gasteiger partial charge in [0.05, 0.1) is 10.7 Å². The summed E-state index contributed by atoms with van der Waals surface area (Å²) < 4.78 is 0. The number of hydrogen-bond donors (Lipinski definition) is 0. The maximum atomic E-state index is 11.2. The Morgan fingerprint density at radius 1 is 1.28 bits per heavy atom. The van der Waals surface area contributed by atoms with Crippen LogP contribution in [0.25, 0.3) is 0 Å². The zero-order valence-electron chi connectivity index (χ0n) is 11.1. The molecule has 1 saturated heterocycles. The normalized spacial score (nSPS) is 25.2. The Morgan fingerprint density at radius 3 is 2.44 bits per heavy atom. The van der Waals surface area contributed by atoms with E-state index in [1.807, 2.05) is 18.2 Å². The van der Waals surface area contributed by atoms with Gasteiger partial charge < -0.3 is 4.90 Å². The van der Waals surface area contributed by atoms with E-state index in [0.717, 1.165) is 25.1 Å². The van der Waals surface area contributed by atoms with Gasteiger partial charge in [-0.1, -0.05) is 17.7 Å². The van der Waals surface area contributed by atoms with E-state index in [1.54, 1.807) is 0 Å².